The summed E-state index contributed by atoms with van der Waals surface area (Å²) in [5.41, 5.74) is 3.44. The summed E-state index contributed by atoms with van der Waals surface area (Å²) in [6.07, 6.45) is 9.78. The molecule has 9 heteroatoms. The number of rotatable bonds is 6. The number of benzene rings is 1. The van der Waals surface area contributed by atoms with E-state index in [2.05, 4.69) is 20.0 Å². The van der Waals surface area contributed by atoms with Crippen LogP contribution in [0.15, 0.2) is 72.8 Å². The summed E-state index contributed by atoms with van der Waals surface area (Å²) >= 11 is 5.01. The zero-order valence-corrected chi connectivity index (χ0v) is 19.7. The van der Waals surface area contributed by atoms with Gasteiger partial charge in [-0.15, -0.1) is 11.6 Å². The topological polar surface area (TPSA) is 87.2 Å². The lowest BCUT2D eigenvalue weighted by Gasteiger charge is -2.27. The van der Waals surface area contributed by atoms with Crippen molar-refractivity contribution in [3.63, 3.8) is 0 Å². The molecule has 2 N–H and O–H groups in total. The first-order chi connectivity index (χ1) is 16.1. The number of hydrogen-bond donors (Lipinski definition) is 2. The molecule has 4 rings (SSSR count). The van der Waals surface area contributed by atoms with Crippen LogP contribution in [0.5, 0.6) is 0 Å². The van der Waals surface area contributed by atoms with Crippen molar-refractivity contribution in [2.45, 2.75) is 13.3 Å². The third-order valence-corrected chi connectivity index (χ3v) is 6.83. The van der Waals surface area contributed by atoms with Gasteiger partial charge in [0, 0.05) is 54.2 Å². The van der Waals surface area contributed by atoms with E-state index in [1.807, 2.05) is 43.3 Å². The minimum Gasteiger partial charge on any atom is -0.322 e. The van der Waals surface area contributed by atoms with Crippen molar-refractivity contribution in [2.24, 2.45) is 0 Å². The van der Waals surface area contributed by atoms with Crippen molar-refractivity contribution in [1.29, 1.82) is 0 Å². The minimum absolute atomic E-state index is 0.226. The van der Waals surface area contributed by atoms with Gasteiger partial charge in [-0.3, -0.25) is 19.1 Å². The quantitative estimate of drug-likeness (QED) is 0.412. The summed E-state index contributed by atoms with van der Waals surface area (Å²) in [6, 6.07) is 10.9. The number of pyridine rings is 2. The summed E-state index contributed by atoms with van der Waals surface area (Å²) in [4.78, 5) is 21.6. The SMILES string of the molecule is C/C=C(\C=C(/CCl)c1nccc2ccncc12)NC(=O)c1ccc(N2CCCNS2=O)cc1. The number of nitrogens with zero attached hydrogens (tertiary/aromatic N) is 3. The Morgan fingerprint density at radius 1 is 1.24 bits per heavy atom. The summed E-state index contributed by atoms with van der Waals surface area (Å²) in [7, 11) is 0. The van der Waals surface area contributed by atoms with Crippen LogP contribution in [0, 0.1) is 0 Å². The van der Waals surface area contributed by atoms with Crippen molar-refractivity contribution in [3.8, 4) is 0 Å². The van der Waals surface area contributed by atoms with E-state index < -0.39 is 11.2 Å². The van der Waals surface area contributed by atoms with Gasteiger partial charge < -0.3 is 5.32 Å². The number of allylic oxidation sites excluding steroid dienone is 3. The number of nitrogens with one attached hydrogen (secondary N) is 2. The number of alkyl halides is 1. The normalized spacial score (nSPS) is 17.3. The van der Waals surface area contributed by atoms with E-state index in [1.54, 1.807) is 35.0 Å². The molecule has 170 valence electrons. The van der Waals surface area contributed by atoms with Gasteiger partial charge in [-0.1, -0.05) is 6.08 Å². The van der Waals surface area contributed by atoms with E-state index in [9.17, 15) is 9.00 Å². The second-order valence-electron chi connectivity index (χ2n) is 7.40. The maximum atomic E-state index is 12.9. The Bertz CT molecular complexity index is 1240. The highest BCUT2D eigenvalue weighted by Gasteiger charge is 2.18. The Kier molecular flexibility index (Phi) is 7.49. The van der Waals surface area contributed by atoms with E-state index in [0.717, 1.165) is 40.7 Å². The Balaban J connectivity index is 1.52. The zero-order valence-electron chi connectivity index (χ0n) is 18.1. The van der Waals surface area contributed by atoms with Crippen LogP contribution in [0.3, 0.4) is 0 Å². The van der Waals surface area contributed by atoms with E-state index in [4.69, 9.17) is 11.6 Å². The van der Waals surface area contributed by atoms with Crippen molar-refractivity contribution >= 4 is 50.7 Å². The molecule has 0 aliphatic carbocycles. The smallest absolute Gasteiger partial charge is 0.255 e. The lowest BCUT2D eigenvalue weighted by Crippen LogP contribution is -2.42. The molecule has 3 heterocycles. The molecule has 1 atom stereocenters. The highest BCUT2D eigenvalue weighted by atomic mass is 35.5. The molecule has 1 aliphatic heterocycles. The summed E-state index contributed by atoms with van der Waals surface area (Å²) < 4.78 is 16.9. The van der Waals surface area contributed by atoms with Gasteiger partial charge in [-0.2, -0.15) is 0 Å². The summed E-state index contributed by atoms with van der Waals surface area (Å²) in [5.74, 6) is -0.0190. The van der Waals surface area contributed by atoms with Crippen LogP contribution in [0.25, 0.3) is 16.3 Å². The number of hydrogen-bond acceptors (Lipinski definition) is 4. The standard InChI is InChI=1S/C24H24ClN5O2S/c1-2-20(14-19(15-25)23-22-16-26-11-8-17(22)9-12-27-23)29-24(31)18-4-6-21(7-5-18)30-13-3-10-28-33(30)32/h2,4-9,11-12,14,16,28H,3,10,13,15H2,1H3,(H,29,31)/b19-14+,20-2+. The zero-order chi connectivity index (χ0) is 23.2. The van der Waals surface area contributed by atoms with Crippen LogP contribution in [-0.4, -0.2) is 39.1 Å². The lowest BCUT2D eigenvalue weighted by atomic mass is 10.1. The van der Waals surface area contributed by atoms with Crippen molar-refractivity contribution in [3.05, 3.63) is 84.1 Å². The molecule has 0 radical (unpaired) electrons. The molecule has 1 aliphatic rings. The third-order valence-electron chi connectivity index (χ3n) is 5.30. The maximum Gasteiger partial charge on any atom is 0.255 e. The monoisotopic (exact) mass is 481 g/mol. The number of carbonyl (C=O) groups excluding carboxylic acids is 1. The minimum atomic E-state index is -1.25. The number of carbonyl (C=O) groups is 1. The van der Waals surface area contributed by atoms with E-state index in [0.29, 0.717) is 17.8 Å². The van der Waals surface area contributed by atoms with Crippen molar-refractivity contribution in [2.75, 3.05) is 23.3 Å². The maximum absolute atomic E-state index is 12.9. The third kappa shape index (κ3) is 5.30. The summed E-state index contributed by atoms with van der Waals surface area (Å²) in [5, 5.41) is 4.84. The van der Waals surface area contributed by atoms with Crippen LogP contribution in [0.2, 0.25) is 0 Å². The second kappa shape index (κ2) is 10.7. The first-order valence-electron chi connectivity index (χ1n) is 10.6. The highest BCUT2D eigenvalue weighted by molar-refractivity contribution is 7.84. The molecule has 1 amide bonds. The second-order valence-corrected chi connectivity index (χ2v) is 8.90. The number of anilines is 1. The predicted molar refractivity (Wildman–Crippen MR) is 134 cm³/mol. The van der Waals surface area contributed by atoms with Gasteiger partial charge in [0.2, 0.25) is 0 Å². The molecule has 0 saturated carbocycles. The fourth-order valence-corrected chi connectivity index (χ4v) is 4.85. The average molecular weight is 482 g/mol. The highest BCUT2D eigenvalue weighted by Crippen LogP contribution is 2.24. The molecule has 1 fully saturated rings. The summed E-state index contributed by atoms with van der Waals surface area (Å²) in [6.45, 7) is 3.29. The molecule has 2 aromatic heterocycles. The first-order valence-corrected chi connectivity index (χ1v) is 12.2. The van der Waals surface area contributed by atoms with Crippen LogP contribution in [-0.2, 0) is 11.2 Å². The molecular formula is C24H24ClN5O2S. The van der Waals surface area contributed by atoms with Gasteiger partial charge in [0.25, 0.3) is 5.91 Å². The van der Waals surface area contributed by atoms with Gasteiger partial charge in [-0.05, 0) is 66.8 Å². The molecule has 3 aromatic rings. The predicted octanol–water partition coefficient (Wildman–Crippen LogP) is 3.96. The molecule has 7 nitrogen and oxygen atoms in total. The Labute approximate surface area is 200 Å². The van der Waals surface area contributed by atoms with Crippen LogP contribution < -0.4 is 14.3 Å². The number of fused-ring (bicyclic) bond motifs is 1. The Morgan fingerprint density at radius 3 is 2.76 bits per heavy atom. The lowest BCUT2D eigenvalue weighted by molar-refractivity contribution is 0.0967. The molecule has 1 aromatic carbocycles. The van der Waals surface area contributed by atoms with Gasteiger partial charge in [0.15, 0.2) is 11.2 Å². The number of amides is 1. The number of halogens is 1. The average Bonchev–Trinajstić information content (AvgIpc) is 2.86. The largest absolute Gasteiger partial charge is 0.322 e. The molecule has 0 bridgehead atoms. The molecule has 1 saturated heterocycles. The van der Waals surface area contributed by atoms with Crippen molar-refractivity contribution < 1.29 is 9.00 Å². The van der Waals surface area contributed by atoms with Crippen LogP contribution in [0.1, 0.15) is 29.4 Å². The Hall–Kier alpha value is -3.07. The van der Waals surface area contributed by atoms with Gasteiger partial charge in [0.1, 0.15) is 0 Å². The van der Waals surface area contributed by atoms with Gasteiger partial charge in [0.05, 0.1) is 11.4 Å². The van der Waals surface area contributed by atoms with E-state index in [1.165, 1.54) is 0 Å². The molecule has 33 heavy (non-hydrogen) atoms. The Morgan fingerprint density at radius 2 is 2.03 bits per heavy atom. The van der Waals surface area contributed by atoms with Crippen molar-refractivity contribution in [1.82, 2.24) is 20.0 Å². The molecule has 0 spiro atoms. The fraction of sp³-hybridized carbons (Fsp3) is 0.208. The van der Waals surface area contributed by atoms with Crippen LogP contribution in [0.4, 0.5) is 5.69 Å². The van der Waals surface area contributed by atoms with E-state index >= 15 is 0 Å². The first kappa shape index (κ1) is 23.1. The fourth-order valence-electron chi connectivity index (χ4n) is 3.57. The van der Waals surface area contributed by atoms with Gasteiger partial charge >= 0.3 is 0 Å². The van der Waals surface area contributed by atoms with E-state index in [-0.39, 0.29) is 11.8 Å². The molecular weight excluding hydrogens is 458 g/mol. The number of aromatic nitrogens is 2. The van der Waals surface area contributed by atoms with Gasteiger partial charge in [-0.25, -0.2) is 8.93 Å². The van der Waals surface area contributed by atoms with Crippen LogP contribution >= 0.6 is 11.6 Å². The molecule has 1 unspecified atom stereocenters.